The van der Waals surface area contributed by atoms with Crippen LogP contribution in [0.15, 0.2) is 6.07 Å². The molecule has 3 rings (SSSR count). The standard InChI is InChI=1S/C15H21FN6/c1-8-4-9(2)19-14-12(8)13(17-3)21-15(22-14)20-11-5-10(6-16)18-7-11/h4,10-11,18H,5-7H2,1-3H3,(H2,17,19,20,21,22). The zero-order valence-electron chi connectivity index (χ0n) is 13.1. The highest BCUT2D eigenvalue weighted by molar-refractivity contribution is 5.90. The Labute approximate surface area is 129 Å². The van der Waals surface area contributed by atoms with Gasteiger partial charge in [0.2, 0.25) is 5.95 Å². The fourth-order valence-electron chi connectivity index (χ4n) is 2.95. The lowest BCUT2D eigenvalue weighted by molar-refractivity contribution is 0.404. The molecule has 0 saturated carbocycles. The van der Waals surface area contributed by atoms with E-state index in [0.29, 0.717) is 18.1 Å². The molecule has 118 valence electrons. The molecule has 0 spiro atoms. The Morgan fingerprint density at radius 2 is 2.14 bits per heavy atom. The minimum Gasteiger partial charge on any atom is -0.372 e. The van der Waals surface area contributed by atoms with Crippen molar-refractivity contribution in [3.05, 3.63) is 17.3 Å². The molecule has 1 aliphatic rings. The third-order valence-corrected chi connectivity index (χ3v) is 3.97. The summed E-state index contributed by atoms with van der Waals surface area (Å²) in [5.74, 6) is 1.28. The van der Waals surface area contributed by atoms with E-state index in [1.54, 1.807) is 0 Å². The highest BCUT2D eigenvalue weighted by Crippen LogP contribution is 2.25. The van der Waals surface area contributed by atoms with Crippen molar-refractivity contribution in [2.45, 2.75) is 32.4 Å². The van der Waals surface area contributed by atoms with E-state index in [9.17, 15) is 4.39 Å². The SMILES string of the molecule is CNc1nc(NC2CNC(CF)C2)nc2nc(C)cc(C)c12. The number of aromatic nitrogens is 3. The van der Waals surface area contributed by atoms with Crippen molar-refractivity contribution >= 4 is 22.8 Å². The van der Waals surface area contributed by atoms with Crippen molar-refractivity contribution in [3.63, 3.8) is 0 Å². The minimum atomic E-state index is -0.349. The van der Waals surface area contributed by atoms with Gasteiger partial charge in [0.25, 0.3) is 0 Å². The molecule has 2 atom stereocenters. The second kappa shape index (κ2) is 6.00. The quantitative estimate of drug-likeness (QED) is 0.800. The van der Waals surface area contributed by atoms with E-state index in [1.807, 2.05) is 27.0 Å². The van der Waals surface area contributed by atoms with E-state index in [1.165, 1.54) is 0 Å². The van der Waals surface area contributed by atoms with E-state index >= 15 is 0 Å². The van der Waals surface area contributed by atoms with Gasteiger partial charge in [0.05, 0.1) is 5.39 Å². The fraction of sp³-hybridized carbons (Fsp3) is 0.533. The van der Waals surface area contributed by atoms with Crippen molar-refractivity contribution in [2.75, 3.05) is 30.9 Å². The number of pyridine rings is 1. The summed E-state index contributed by atoms with van der Waals surface area (Å²) in [6.45, 7) is 4.35. The first-order valence-electron chi connectivity index (χ1n) is 7.50. The minimum absolute atomic E-state index is 0.0793. The van der Waals surface area contributed by atoms with Gasteiger partial charge in [0.1, 0.15) is 12.5 Å². The molecule has 2 unspecified atom stereocenters. The third-order valence-electron chi connectivity index (χ3n) is 3.97. The summed E-state index contributed by atoms with van der Waals surface area (Å²) < 4.78 is 12.7. The Bertz CT molecular complexity index is 689. The number of halogens is 1. The predicted octanol–water partition coefficient (Wildman–Crippen LogP) is 1.80. The molecule has 1 fully saturated rings. The summed E-state index contributed by atoms with van der Waals surface area (Å²) in [4.78, 5) is 13.6. The molecule has 0 aliphatic carbocycles. The van der Waals surface area contributed by atoms with E-state index < -0.39 is 0 Å². The average molecular weight is 304 g/mol. The first kappa shape index (κ1) is 14.9. The largest absolute Gasteiger partial charge is 0.372 e. The van der Waals surface area contributed by atoms with Crippen LogP contribution in [-0.4, -0.2) is 47.3 Å². The average Bonchev–Trinajstić information content (AvgIpc) is 2.93. The highest BCUT2D eigenvalue weighted by atomic mass is 19.1. The van der Waals surface area contributed by atoms with Crippen molar-refractivity contribution in [1.82, 2.24) is 20.3 Å². The molecule has 0 aromatic carbocycles. The smallest absolute Gasteiger partial charge is 0.226 e. The van der Waals surface area contributed by atoms with Crippen molar-refractivity contribution < 1.29 is 4.39 Å². The topological polar surface area (TPSA) is 74.8 Å². The number of nitrogens with zero attached hydrogens (tertiary/aromatic N) is 3. The second-order valence-corrected chi connectivity index (χ2v) is 5.76. The molecule has 22 heavy (non-hydrogen) atoms. The van der Waals surface area contributed by atoms with Crippen LogP contribution in [0.4, 0.5) is 16.2 Å². The van der Waals surface area contributed by atoms with Crippen molar-refractivity contribution in [3.8, 4) is 0 Å². The maximum Gasteiger partial charge on any atom is 0.226 e. The van der Waals surface area contributed by atoms with Crippen LogP contribution in [0.3, 0.4) is 0 Å². The molecule has 3 heterocycles. The first-order chi connectivity index (χ1) is 10.6. The Balaban J connectivity index is 1.94. The number of nitrogens with one attached hydrogen (secondary N) is 3. The fourth-order valence-corrected chi connectivity index (χ4v) is 2.95. The Morgan fingerprint density at radius 3 is 2.82 bits per heavy atom. The van der Waals surface area contributed by atoms with Crippen LogP contribution in [0, 0.1) is 13.8 Å². The molecular formula is C15H21FN6. The highest BCUT2D eigenvalue weighted by Gasteiger charge is 2.24. The second-order valence-electron chi connectivity index (χ2n) is 5.76. The summed E-state index contributed by atoms with van der Waals surface area (Å²) in [5.41, 5.74) is 2.70. The van der Waals surface area contributed by atoms with Gasteiger partial charge in [-0.1, -0.05) is 0 Å². The van der Waals surface area contributed by atoms with Crippen molar-refractivity contribution in [1.29, 1.82) is 0 Å². The number of fused-ring (bicyclic) bond motifs is 1. The number of rotatable bonds is 4. The van der Waals surface area contributed by atoms with Crippen LogP contribution in [0.1, 0.15) is 17.7 Å². The zero-order valence-corrected chi connectivity index (χ0v) is 13.1. The van der Waals surface area contributed by atoms with Crippen molar-refractivity contribution in [2.24, 2.45) is 0 Å². The summed E-state index contributed by atoms with van der Waals surface area (Å²) in [6.07, 6.45) is 0.729. The van der Waals surface area contributed by atoms with Crippen LogP contribution < -0.4 is 16.0 Å². The van der Waals surface area contributed by atoms with Gasteiger partial charge in [-0.25, -0.2) is 9.37 Å². The molecule has 1 aliphatic heterocycles. The summed E-state index contributed by atoms with van der Waals surface area (Å²) >= 11 is 0. The molecule has 6 nitrogen and oxygen atoms in total. The van der Waals surface area contributed by atoms with Gasteiger partial charge in [0.15, 0.2) is 5.65 Å². The Kier molecular flexibility index (Phi) is 4.06. The van der Waals surface area contributed by atoms with Gasteiger partial charge < -0.3 is 16.0 Å². The van der Waals surface area contributed by atoms with E-state index in [4.69, 9.17) is 0 Å². The third kappa shape index (κ3) is 2.81. The molecule has 0 radical (unpaired) electrons. The molecule has 2 aromatic heterocycles. The number of hydrogen-bond acceptors (Lipinski definition) is 6. The molecule has 0 amide bonds. The lowest BCUT2D eigenvalue weighted by atomic mass is 10.1. The molecule has 7 heteroatoms. The normalized spacial score (nSPS) is 21.3. The van der Waals surface area contributed by atoms with Gasteiger partial charge in [-0.15, -0.1) is 0 Å². The predicted molar refractivity (Wildman–Crippen MR) is 86.1 cm³/mol. The first-order valence-corrected chi connectivity index (χ1v) is 7.50. The molecule has 3 N–H and O–H groups in total. The van der Waals surface area contributed by atoms with Gasteiger partial charge in [-0.2, -0.15) is 9.97 Å². The number of anilines is 2. The van der Waals surface area contributed by atoms with Gasteiger partial charge >= 0.3 is 0 Å². The Morgan fingerprint density at radius 1 is 1.32 bits per heavy atom. The van der Waals surface area contributed by atoms with Crippen LogP contribution >= 0.6 is 0 Å². The lowest BCUT2D eigenvalue weighted by Crippen LogP contribution is -2.24. The molecule has 1 saturated heterocycles. The van der Waals surface area contributed by atoms with E-state index in [2.05, 4.69) is 30.9 Å². The monoisotopic (exact) mass is 304 g/mol. The molecule has 0 bridgehead atoms. The molecule has 2 aromatic rings. The van der Waals surface area contributed by atoms with E-state index in [0.717, 1.165) is 28.9 Å². The maximum absolute atomic E-state index is 12.7. The summed E-state index contributed by atoms with van der Waals surface area (Å²) in [5, 5.41) is 10.5. The van der Waals surface area contributed by atoms with Crippen LogP contribution in [0.25, 0.3) is 11.0 Å². The maximum atomic E-state index is 12.7. The lowest BCUT2D eigenvalue weighted by Gasteiger charge is -2.14. The Hall–Kier alpha value is -2.02. The van der Waals surface area contributed by atoms with Crippen LogP contribution in [0.5, 0.6) is 0 Å². The van der Waals surface area contributed by atoms with Gasteiger partial charge in [-0.05, 0) is 31.9 Å². The molecular weight excluding hydrogens is 283 g/mol. The van der Waals surface area contributed by atoms with Gasteiger partial charge in [-0.3, -0.25) is 0 Å². The number of aryl methyl sites for hydroxylation is 2. The summed E-state index contributed by atoms with van der Waals surface area (Å²) in [7, 11) is 1.83. The zero-order chi connectivity index (χ0) is 15.7. The van der Waals surface area contributed by atoms with Crippen LogP contribution in [-0.2, 0) is 0 Å². The van der Waals surface area contributed by atoms with Crippen LogP contribution in [0.2, 0.25) is 0 Å². The van der Waals surface area contributed by atoms with Gasteiger partial charge in [0, 0.05) is 31.4 Å². The number of hydrogen-bond donors (Lipinski definition) is 3. The number of alkyl halides is 1. The van der Waals surface area contributed by atoms with E-state index in [-0.39, 0.29) is 18.8 Å². The summed E-state index contributed by atoms with van der Waals surface area (Å²) in [6, 6.07) is 2.07.